The molecule has 6 heteroatoms. The number of fused-ring (bicyclic) bond motifs is 1. The highest BCUT2D eigenvalue weighted by molar-refractivity contribution is 6.31. The van der Waals surface area contributed by atoms with Crippen molar-refractivity contribution in [3.63, 3.8) is 0 Å². The third kappa shape index (κ3) is 4.03. The molecule has 0 aliphatic rings. The molecule has 0 saturated heterocycles. The minimum Gasteiger partial charge on any atom is -0.481 e. The van der Waals surface area contributed by atoms with Gasteiger partial charge in [-0.25, -0.2) is 4.79 Å². The molecule has 0 radical (unpaired) electrons. The number of hydrogen-bond donors (Lipinski definition) is 1. The van der Waals surface area contributed by atoms with E-state index in [2.05, 4.69) is 4.98 Å². The summed E-state index contributed by atoms with van der Waals surface area (Å²) in [4.78, 5) is 28.1. The topological polar surface area (TPSA) is 76.5 Å². The number of aliphatic carboxylic acids is 1. The first kappa shape index (κ1) is 18.2. The number of ether oxygens (including phenoxy) is 1. The molecule has 5 nitrogen and oxygen atoms in total. The fourth-order valence-electron chi connectivity index (χ4n) is 2.71. The van der Waals surface area contributed by atoms with Crippen LogP contribution in [0.3, 0.4) is 0 Å². The average Bonchev–Trinajstić information content (AvgIpc) is 2.53. The van der Waals surface area contributed by atoms with Crippen LogP contribution >= 0.6 is 11.6 Å². The lowest BCUT2D eigenvalue weighted by molar-refractivity contribution is -0.136. The van der Waals surface area contributed by atoms with E-state index in [1.165, 1.54) is 0 Å². The van der Waals surface area contributed by atoms with Gasteiger partial charge in [0, 0.05) is 16.8 Å². The Morgan fingerprint density at radius 2 is 2.00 bits per heavy atom. The third-order valence-corrected chi connectivity index (χ3v) is 3.92. The number of nitrogens with zero attached hydrogens (tertiary/aromatic N) is 1. The van der Waals surface area contributed by atoms with Crippen molar-refractivity contribution < 1.29 is 19.4 Å². The van der Waals surface area contributed by atoms with E-state index in [1.807, 2.05) is 6.92 Å². The van der Waals surface area contributed by atoms with Crippen molar-refractivity contribution in [1.82, 2.24) is 4.98 Å². The number of carboxylic acid groups (broad SMARTS) is 1. The van der Waals surface area contributed by atoms with Crippen molar-refractivity contribution in [1.29, 1.82) is 0 Å². The Balaban J connectivity index is 2.73. The van der Waals surface area contributed by atoms with E-state index in [9.17, 15) is 9.59 Å². The molecular weight excluding hydrogens is 330 g/mol. The number of aryl methyl sites for hydroxylation is 2. The second kappa shape index (κ2) is 8.11. The van der Waals surface area contributed by atoms with Crippen molar-refractivity contribution in [2.75, 3.05) is 6.61 Å². The summed E-state index contributed by atoms with van der Waals surface area (Å²) in [5, 5.41) is 10.3. The second-order valence-corrected chi connectivity index (χ2v) is 5.87. The van der Waals surface area contributed by atoms with Crippen LogP contribution in [-0.2, 0) is 22.4 Å². The summed E-state index contributed by atoms with van der Waals surface area (Å²) >= 11 is 6.09. The molecule has 128 valence electrons. The monoisotopic (exact) mass is 349 g/mol. The number of carbonyl (C=O) groups excluding carboxylic acids is 1. The van der Waals surface area contributed by atoms with Gasteiger partial charge < -0.3 is 9.84 Å². The Morgan fingerprint density at radius 3 is 2.62 bits per heavy atom. The number of hydrogen-bond acceptors (Lipinski definition) is 4. The van der Waals surface area contributed by atoms with Gasteiger partial charge in [-0.3, -0.25) is 9.78 Å². The smallest absolute Gasteiger partial charge is 0.340 e. The van der Waals surface area contributed by atoms with Crippen LogP contribution in [-0.4, -0.2) is 28.6 Å². The van der Waals surface area contributed by atoms with Gasteiger partial charge in [0.05, 0.1) is 23.4 Å². The molecule has 0 fully saturated rings. The summed E-state index contributed by atoms with van der Waals surface area (Å²) < 4.78 is 5.18. The molecule has 0 amide bonds. The number of pyridine rings is 1. The lowest BCUT2D eigenvalue weighted by Crippen LogP contribution is -2.15. The molecule has 2 rings (SSSR count). The van der Waals surface area contributed by atoms with E-state index in [4.69, 9.17) is 21.4 Å². The number of carbonyl (C=O) groups is 2. The van der Waals surface area contributed by atoms with Gasteiger partial charge in [-0.2, -0.15) is 0 Å². The van der Waals surface area contributed by atoms with E-state index in [0.717, 1.165) is 6.42 Å². The predicted octanol–water partition coefficient (Wildman–Crippen LogP) is 4.03. The molecule has 0 saturated carbocycles. The van der Waals surface area contributed by atoms with E-state index in [1.54, 1.807) is 25.1 Å². The fraction of sp³-hybridized carbons (Fsp3) is 0.389. The van der Waals surface area contributed by atoms with Crippen molar-refractivity contribution in [2.45, 2.75) is 39.5 Å². The van der Waals surface area contributed by atoms with Crippen LogP contribution in [0.25, 0.3) is 10.9 Å². The minimum atomic E-state index is -0.922. The molecule has 1 N–H and O–H groups in total. The summed E-state index contributed by atoms with van der Waals surface area (Å²) in [6.45, 7) is 3.98. The van der Waals surface area contributed by atoms with Gasteiger partial charge in [-0.05, 0) is 43.5 Å². The van der Waals surface area contributed by atoms with Crippen LogP contribution in [0.1, 0.15) is 48.3 Å². The van der Waals surface area contributed by atoms with Gasteiger partial charge in [0.15, 0.2) is 0 Å². The highest BCUT2D eigenvalue weighted by Gasteiger charge is 2.22. The summed E-state index contributed by atoms with van der Waals surface area (Å²) in [5.41, 5.74) is 2.38. The number of esters is 1. The van der Waals surface area contributed by atoms with Crippen molar-refractivity contribution in [3.05, 3.63) is 40.0 Å². The molecule has 0 atom stereocenters. The Hall–Kier alpha value is -2.14. The van der Waals surface area contributed by atoms with Crippen LogP contribution in [0.2, 0.25) is 5.02 Å². The molecule has 2 aromatic rings. The van der Waals surface area contributed by atoms with Gasteiger partial charge in [-0.1, -0.05) is 24.9 Å². The van der Waals surface area contributed by atoms with Crippen molar-refractivity contribution in [3.8, 4) is 0 Å². The predicted molar refractivity (Wildman–Crippen MR) is 92.7 cm³/mol. The van der Waals surface area contributed by atoms with E-state index in [-0.39, 0.29) is 19.4 Å². The Kier molecular flexibility index (Phi) is 6.15. The molecular formula is C18H20ClNO4. The van der Waals surface area contributed by atoms with Gasteiger partial charge >= 0.3 is 11.9 Å². The SMILES string of the molecule is CCCc1nc2ccc(Cl)cc2c(CCC(=O)O)c1C(=O)OCC. The largest absolute Gasteiger partial charge is 0.481 e. The molecule has 0 unspecified atom stereocenters. The zero-order valence-electron chi connectivity index (χ0n) is 13.8. The van der Waals surface area contributed by atoms with Crippen LogP contribution < -0.4 is 0 Å². The van der Waals surface area contributed by atoms with Crippen molar-refractivity contribution in [2.24, 2.45) is 0 Å². The van der Waals surface area contributed by atoms with Crippen LogP contribution in [0.4, 0.5) is 0 Å². The highest BCUT2D eigenvalue weighted by atomic mass is 35.5. The number of benzene rings is 1. The molecule has 0 aliphatic carbocycles. The lowest BCUT2D eigenvalue weighted by atomic mass is 9.95. The third-order valence-electron chi connectivity index (χ3n) is 3.68. The maximum Gasteiger partial charge on any atom is 0.340 e. The lowest BCUT2D eigenvalue weighted by Gasteiger charge is -2.16. The first-order valence-electron chi connectivity index (χ1n) is 7.97. The van der Waals surface area contributed by atoms with Crippen LogP contribution in [0, 0.1) is 0 Å². The van der Waals surface area contributed by atoms with E-state index in [0.29, 0.717) is 39.2 Å². The van der Waals surface area contributed by atoms with Crippen molar-refractivity contribution >= 4 is 34.4 Å². The number of carboxylic acids is 1. The zero-order chi connectivity index (χ0) is 17.7. The quantitative estimate of drug-likeness (QED) is 0.763. The highest BCUT2D eigenvalue weighted by Crippen LogP contribution is 2.29. The Bertz CT molecular complexity index is 773. The molecule has 0 aliphatic heterocycles. The summed E-state index contributed by atoms with van der Waals surface area (Å²) in [6, 6.07) is 5.24. The van der Waals surface area contributed by atoms with E-state index < -0.39 is 11.9 Å². The minimum absolute atomic E-state index is 0.0798. The van der Waals surface area contributed by atoms with Gasteiger partial charge in [0.25, 0.3) is 0 Å². The number of halogens is 1. The molecule has 1 aromatic heterocycles. The molecule has 24 heavy (non-hydrogen) atoms. The number of rotatable bonds is 7. The number of aromatic nitrogens is 1. The first-order valence-corrected chi connectivity index (χ1v) is 8.35. The Morgan fingerprint density at radius 1 is 1.25 bits per heavy atom. The maximum atomic E-state index is 12.5. The average molecular weight is 350 g/mol. The standard InChI is InChI=1S/C18H20ClNO4/c1-3-5-15-17(18(23)24-4-2)12(7-9-16(21)22)13-10-11(19)6-8-14(13)20-15/h6,8,10H,3-5,7,9H2,1-2H3,(H,21,22). The first-order chi connectivity index (χ1) is 11.5. The van der Waals surface area contributed by atoms with Gasteiger partial charge in [0.1, 0.15) is 0 Å². The van der Waals surface area contributed by atoms with Gasteiger partial charge in [0.2, 0.25) is 0 Å². The molecule has 1 heterocycles. The summed E-state index contributed by atoms with van der Waals surface area (Å²) in [6.07, 6.45) is 1.58. The van der Waals surface area contributed by atoms with Crippen LogP contribution in [0.15, 0.2) is 18.2 Å². The molecule has 1 aromatic carbocycles. The fourth-order valence-corrected chi connectivity index (χ4v) is 2.88. The maximum absolute atomic E-state index is 12.5. The molecule has 0 bridgehead atoms. The molecule has 0 spiro atoms. The summed E-state index contributed by atoms with van der Waals surface area (Å²) in [5.74, 6) is -1.38. The summed E-state index contributed by atoms with van der Waals surface area (Å²) in [7, 11) is 0. The zero-order valence-corrected chi connectivity index (χ0v) is 14.5. The van der Waals surface area contributed by atoms with Gasteiger partial charge in [-0.15, -0.1) is 0 Å². The van der Waals surface area contributed by atoms with Crippen LogP contribution in [0.5, 0.6) is 0 Å². The van der Waals surface area contributed by atoms with E-state index >= 15 is 0 Å². The Labute approximate surface area is 145 Å². The second-order valence-electron chi connectivity index (χ2n) is 5.44. The normalized spacial score (nSPS) is 10.8.